The van der Waals surface area contributed by atoms with Crippen molar-refractivity contribution in [2.45, 2.75) is 76.0 Å². The molecule has 0 aliphatic heterocycles. The van der Waals surface area contributed by atoms with Gasteiger partial charge in [-0.2, -0.15) is 0 Å². The molecule has 0 amide bonds. The van der Waals surface area contributed by atoms with Crippen LogP contribution in [0.15, 0.2) is 0 Å². The van der Waals surface area contributed by atoms with E-state index in [0.717, 1.165) is 4.66 Å². The summed E-state index contributed by atoms with van der Waals surface area (Å²) in [6, 6.07) is 0. The average Bonchev–Trinajstić information content (AvgIpc) is 2.02. The van der Waals surface area contributed by atoms with E-state index in [1.165, 1.54) is 19.3 Å². The summed E-state index contributed by atoms with van der Waals surface area (Å²) in [7, 11) is -1.96. The highest BCUT2D eigenvalue weighted by atomic mass is 28.4. The summed E-state index contributed by atoms with van der Waals surface area (Å²) in [5.41, 5.74) is 0. The molecule has 0 atom stereocenters. The largest absolute Gasteiger partial charge is 0.0694 e. The summed E-state index contributed by atoms with van der Waals surface area (Å²) in [5, 5.41) is 0. The van der Waals surface area contributed by atoms with Crippen molar-refractivity contribution in [3.8, 4) is 0 Å². The molecule has 0 aromatic carbocycles. The van der Waals surface area contributed by atoms with E-state index in [2.05, 4.69) is 39.3 Å². The summed E-state index contributed by atoms with van der Waals surface area (Å²) in [6.45, 7) is 15.6. The predicted octanol–water partition coefficient (Wildman–Crippen LogP) is 4.91. The third-order valence-electron chi connectivity index (χ3n) is 4.58. The van der Waals surface area contributed by atoms with Crippen LogP contribution < -0.4 is 0 Å². The van der Waals surface area contributed by atoms with Crippen LogP contribution in [0, 0.1) is 0 Å². The second kappa shape index (κ2) is 3.78. The van der Waals surface area contributed by atoms with Crippen molar-refractivity contribution >= 4 is 16.1 Å². The highest BCUT2D eigenvalue weighted by Gasteiger charge is 2.51. The van der Waals surface area contributed by atoms with E-state index in [9.17, 15) is 0 Å². The Balaban J connectivity index is 3.01. The van der Waals surface area contributed by atoms with Crippen molar-refractivity contribution < 1.29 is 0 Å². The van der Waals surface area contributed by atoms with Crippen LogP contribution >= 0.6 is 0 Å². The molecular weight excluding hydrogens is 200 g/mol. The van der Waals surface area contributed by atoms with Gasteiger partial charge in [0.25, 0.3) is 0 Å². The summed E-state index contributed by atoms with van der Waals surface area (Å²) < 4.78 is 0.832. The molecule has 0 aromatic rings. The van der Waals surface area contributed by atoms with Gasteiger partial charge in [0.05, 0.1) is 0 Å². The van der Waals surface area contributed by atoms with Crippen molar-refractivity contribution in [1.82, 2.24) is 0 Å². The molecule has 0 saturated heterocycles. The van der Waals surface area contributed by atoms with E-state index in [0.29, 0.717) is 0 Å². The number of rotatable bonds is 2. The molecule has 1 saturated carbocycles. The summed E-state index contributed by atoms with van der Waals surface area (Å²) >= 11 is 0. The predicted molar refractivity (Wildman–Crippen MR) is 72.5 cm³/mol. The second-order valence-corrected chi connectivity index (χ2v) is 18.6. The fourth-order valence-corrected chi connectivity index (χ4v) is 16.5. The SMILES string of the molecule is C[Si](C)(C)C1([Si](C)(C)C)CCCCC1. The first-order valence-electron chi connectivity index (χ1n) is 6.21. The summed E-state index contributed by atoms with van der Waals surface area (Å²) in [4.78, 5) is 0. The van der Waals surface area contributed by atoms with Crippen LogP contribution in [0.25, 0.3) is 0 Å². The first-order chi connectivity index (χ1) is 6.21. The van der Waals surface area contributed by atoms with Gasteiger partial charge in [0.15, 0.2) is 0 Å². The van der Waals surface area contributed by atoms with Gasteiger partial charge in [0, 0.05) is 16.1 Å². The van der Waals surface area contributed by atoms with Crippen LogP contribution in [-0.2, 0) is 0 Å². The molecule has 1 fully saturated rings. The molecule has 14 heavy (non-hydrogen) atoms. The van der Waals surface area contributed by atoms with Crippen LogP contribution in [0.1, 0.15) is 32.1 Å². The van der Waals surface area contributed by atoms with E-state index in [1.54, 1.807) is 12.8 Å². The van der Waals surface area contributed by atoms with Gasteiger partial charge in [0.2, 0.25) is 0 Å². The maximum atomic E-state index is 2.61. The molecule has 0 spiro atoms. The van der Waals surface area contributed by atoms with Crippen LogP contribution in [0.5, 0.6) is 0 Å². The Kier molecular flexibility index (Phi) is 3.38. The number of hydrogen-bond acceptors (Lipinski definition) is 0. The Morgan fingerprint density at radius 2 is 1.00 bits per heavy atom. The maximum absolute atomic E-state index is 2.61. The third kappa shape index (κ3) is 2.01. The highest BCUT2D eigenvalue weighted by Crippen LogP contribution is 2.56. The molecular formula is C12H28Si2. The normalized spacial score (nSPS) is 23.6. The Hall–Kier alpha value is 0.434. The fourth-order valence-electron chi connectivity index (χ4n) is 3.78. The van der Waals surface area contributed by atoms with Crippen LogP contribution in [0.2, 0.25) is 43.9 Å². The van der Waals surface area contributed by atoms with E-state index < -0.39 is 16.1 Å². The minimum Gasteiger partial charge on any atom is -0.0694 e. The molecule has 1 aliphatic rings. The Morgan fingerprint density at radius 1 is 0.643 bits per heavy atom. The van der Waals surface area contributed by atoms with Gasteiger partial charge in [-0.05, 0) is 4.66 Å². The lowest BCUT2D eigenvalue weighted by Crippen LogP contribution is -2.55. The van der Waals surface area contributed by atoms with Crippen molar-refractivity contribution in [2.24, 2.45) is 0 Å². The molecule has 1 aliphatic carbocycles. The molecule has 0 heterocycles. The zero-order valence-corrected chi connectivity index (χ0v) is 13.0. The lowest BCUT2D eigenvalue weighted by atomic mass is 9.99. The average molecular weight is 229 g/mol. The molecule has 2 heteroatoms. The van der Waals surface area contributed by atoms with Gasteiger partial charge in [-0.25, -0.2) is 0 Å². The zero-order valence-electron chi connectivity index (χ0n) is 11.0. The zero-order chi connectivity index (χ0) is 11.0. The van der Waals surface area contributed by atoms with E-state index in [-0.39, 0.29) is 0 Å². The monoisotopic (exact) mass is 228 g/mol. The quantitative estimate of drug-likeness (QED) is 0.589. The first-order valence-corrected chi connectivity index (χ1v) is 13.2. The van der Waals surface area contributed by atoms with Crippen molar-refractivity contribution in [3.63, 3.8) is 0 Å². The third-order valence-corrected chi connectivity index (χ3v) is 15.8. The molecule has 0 radical (unpaired) electrons. The van der Waals surface area contributed by atoms with E-state index >= 15 is 0 Å². The topological polar surface area (TPSA) is 0 Å². The van der Waals surface area contributed by atoms with Crippen LogP contribution in [-0.4, -0.2) is 16.1 Å². The second-order valence-electron chi connectivity index (χ2n) is 7.14. The Bertz CT molecular complexity index is 173. The first kappa shape index (κ1) is 12.5. The highest BCUT2D eigenvalue weighted by molar-refractivity contribution is 6.98. The fraction of sp³-hybridized carbons (Fsp3) is 1.00. The lowest BCUT2D eigenvalue weighted by molar-refractivity contribution is 0.443. The van der Waals surface area contributed by atoms with Crippen molar-refractivity contribution in [2.75, 3.05) is 0 Å². The Morgan fingerprint density at radius 3 is 1.21 bits per heavy atom. The van der Waals surface area contributed by atoms with Gasteiger partial charge < -0.3 is 0 Å². The molecule has 0 unspecified atom stereocenters. The van der Waals surface area contributed by atoms with Gasteiger partial charge in [-0.15, -0.1) is 0 Å². The summed E-state index contributed by atoms with van der Waals surface area (Å²) in [6.07, 6.45) is 7.62. The maximum Gasteiger partial charge on any atom is 0.0478 e. The van der Waals surface area contributed by atoms with Gasteiger partial charge in [0.1, 0.15) is 0 Å². The van der Waals surface area contributed by atoms with Crippen molar-refractivity contribution in [3.05, 3.63) is 0 Å². The smallest absolute Gasteiger partial charge is 0.0478 e. The molecule has 0 N–H and O–H groups in total. The molecule has 0 nitrogen and oxygen atoms in total. The standard InChI is InChI=1S/C12H28Si2/c1-13(2,3)12(14(4,5)6)10-8-7-9-11-12/h7-11H2,1-6H3. The van der Waals surface area contributed by atoms with Gasteiger partial charge in [-0.1, -0.05) is 71.4 Å². The number of hydrogen-bond donors (Lipinski definition) is 0. The van der Waals surface area contributed by atoms with E-state index in [4.69, 9.17) is 0 Å². The minimum absolute atomic E-state index is 0.832. The minimum atomic E-state index is -0.980. The molecule has 84 valence electrons. The summed E-state index contributed by atoms with van der Waals surface area (Å²) in [5.74, 6) is 0. The van der Waals surface area contributed by atoms with Gasteiger partial charge >= 0.3 is 0 Å². The molecule has 0 aromatic heterocycles. The van der Waals surface area contributed by atoms with Crippen LogP contribution in [0.3, 0.4) is 0 Å². The molecule has 0 bridgehead atoms. The Labute approximate surface area is 92.5 Å². The van der Waals surface area contributed by atoms with Crippen LogP contribution in [0.4, 0.5) is 0 Å². The van der Waals surface area contributed by atoms with E-state index in [1.807, 2.05) is 0 Å². The lowest BCUT2D eigenvalue weighted by Gasteiger charge is -2.54. The van der Waals surface area contributed by atoms with Crippen molar-refractivity contribution in [1.29, 1.82) is 0 Å². The molecule has 1 rings (SSSR count). The van der Waals surface area contributed by atoms with Gasteiger partial charge in [-0.3, -0.25) is 0 Å².